The van der Waals surface area contributed by atoms with Crippen LogP contribution in [0.15, 0.2) is 36.5 Å². The third-order valence-corrected chi connectivity index (χ3v) is 4.68. The van der Waals surface area contributed by atoms with Gasteiger partial charge in [-0.25, -0.2) is 4.68 Å². The molecule has 136 valence electrons. The van der Waals surface area contributed by atoms with E-state index in [0.717, 1.165) is 37.1 Å². The number of hydrogen-bond donors (Lipinski definition) is 2. The topological polar surface area (TPSA) is 85.8 Å². The molecule has 1 aliphatic rings. The van der Waals surface area contributed by atoms with E-state index in [-0.39, 0.29) is 30.3 Å². The highest BCUT2D eigenvalue weighted by Crippen LogP contribution is 2.25. The number of nitrogens with two attached hydrogens (primary N) is 1. The van der Waals surface area contributed by atoms with Crippen LogP contribution in [0.2, 0.25) is 0 Å². The fourth-order valence-electron chi connectivity index (χ4n) is 3.20. The van der Waals surface area contributed by atoms with Crippen LogP contribution in [0.25, 0.3) is 5.69 Å². The van der Waals surface area contributed by atoms with Gasteiger partial charge in [0.15, 0.2) is 0 Å². The van der Waals surface area contributed by atoms with E-state index in [1.54, 1.807) is 4.68 Å². The van der Waals surface area contributed by atoms with Gasteiger partial charge in [-0.3, -0.25) is 4.79 Å². The number of amides is 1. The maximum Gasteiger partial charge on any atom is 0.223 e. The molecule has 1 saturated carbocycles. The Balaban J connectivity index is 0.00000225. The number of rotatable bonds is 4. The Hall–Kier alpha value is -1.92. The second-order valence-electron chi connectivity index (χ2n) is 7.12. The highest BCUT2D eigenvalue weighted by atomic mass is 35.5. The van der Waals surface area contributed by atoms with E-state index in [2.05, 4.69) is 15.6 Å². The molecule has 1 fully saturated rings. The first-order chi connectivity index (χ1) is 11.5. The maximum absolute atomic E-state index is 12.6. The second-order valence-corrected chi connectivity index (χ2v) is 7.12. The Morgan fingerprint density at radius 3 is 2.68 bits per heavy atom. The highest BCUT2D eigenvalue weighted by molar-refractivity contribution is 5.85. The first-order valence-corrected chi connectivity index (χ1v) is 8.51. The molecule has 0 spiro atoms. The fourth-order valence-corrected chi connectivity index (χ4v) is 3.20. The van der Waals surface area contributed by atoms with E-state index < -0.39 is 5.54 Å². The average molecular weight is 364 g/mol. The lowest BCUT2D eigenvalue weighted by Crippen LogP contribution is -2.46. The van der Waals surface area contributed by atoms with Crippen molar-refractivity contribution < 1.29 is 4.79 Å². The number of hydrogen-bond acceptors (Lipinski definition) is 4. The van der Waals surface area contributed by atoms with Crippen molar-refractivity contribution in [3.63, 3.8) is 0 Å². The van der Waals surface area contributed by atoms with Gasteiger partial charge in [-0.2, -0.15) is 0 Å². The van der Waals surface area contributed by atoms with E-state index in [0.29, 0.717) is 0 Å². The van der Waals surface area contributed by atoms with Crippen molar-refractivity contribution in [1.82, 2.24) is 20.3 Å². The molecular formula is C18H26ClN5O. The quantitative estimate of drug-likeness (QED) is 0.874. The SMILES string of the molecule is CC(C)(NC(=O)C1CCCC(N)C1)c1cn(-c2ccccc2)nn1.Cl. The number of nitrogens with one attached hydrogen (secondary N) is 1. The van der Waals surface area contributed by atoms with E-state index >= 15 is 0 Å². The van der Waals surface area contributed by atoms with E-state index in [9.17, 15) is 4.79 Å². The fraction of sp³-hybridized carbons (Fsp3) is 0.500. The molecule has 2 aromatic rings. The Morgan fingerprint density at radius 1 is 1.28 bits per heavy atom. The van der Waals surface area contributed by atoms with Gasteiger partial charge in [-0.1, -0.05) is 29.8 Å². The lowest BCUT2D eigenvalue weighted by Gasteiger charge is -2.30. The first kappa shape index (κ1) is 19.4. The zero-order valence-corrected chi connectivity index (χ0v) is 15.5. The van der Waals surface area contributed by atoms with Gasteiger partial charge in [-0.05, 0) is 45.2 Å². The van der Waals surface area contributed by atoms with Gasteiger partial charge in [0.2, 0.25) is 5.91 Å². The third-order valence-electron chi connectivity index (χ3n) is 4.68. The number of benzene rings is 1. The van der Waals surface area contributed by atoms with Crippen LogP contribution in [0.3, 0.4) is 0 Å². The van der Waals surface area contributed by atoms with Gasteiger partial charge in [-0.15, -0.1) is 17.5 Å². The summed E-state index contributed by atoms with van der Waals surface area (Å²) in [7, 11) is 0. The number of aromatic nitrogens is 3. The molecule has 25 heavy (non-hydrogen) atoms. The van der Waals surface area contributed by atoms with Crippen LogP contribution in [-0.4, -0.2) is 26.9 Å². The van der Waals surface area contributed by atoms with Gasteiger partial charge in [0.25, 0.3) is 0 Å². The number of halogens is 1. The number of carbonyl (C=O) groups excluding carboxylic acids is 1. The van der Waals surface area contributed by atoms with Crippen LogP contribution in [-0.2, 0) is 10.3 Å². The van der Waals surface area contributed by atoms with Crippen molar-refractivity contribution in [3.05, 3.63) is 42.2 Å². The summed E-state index contributed by atoms with van der Waals surface area (Å²) in [6.45, 7) is 3.90. The predicted octanol–water partition coefficient (Wildman–Crippen LogP) is 2.56. The molecular weight excluding hydrogens is 338 g/mol. The third kappa shape index (κ3) is 4.58. The molecule has 1 aromatic carbocycles. The zero-order chi connectivity index (χ0) is 17.2. The van der Waals surface area contributed by atoms with Crippen molar-refractivity contribution in [2.24, 2.45) is 11.7 Å². The Labute approximate surface area is 154 Å². The molecule has 3 rings (SSSR count). The van der Waals surface area contributed by atoms with Crippen molar-refractivity contribution in [2.75, 3.05) is 0 Å². The molecule has 2 unspecified atom stereocenters. The predicted molar refractivity (Wildman–Crippen MR) is 99.7 cm³/mol. The molecule has 1 amide bonds. The standard InChI is InChI=1S/C18H25N5O.ClH/c1-18(2,20-17(24)13-7-6-8-14(19)11-13)16-12-23(22-21-16)15-9-4-3-5-10-15;/h3-5,9-10,12-14H,6-8,11,19H2,1-2H3,(H,20,24);1H. The molecule has 1 aliphatic carbocycles. The Morgan fingerprint density at radius 2 is 2.00 bits per heavy atom. The van der Waals surface area contributed by atoms with Crippen LogP contribution in [0.4, 0.5) is 0 Å². The normalized spacial score (nSPS) is 20.6. The minimum absolute atomic E-state index is 0. The van der Waals surface area contributed by atoms with Crippen molar-refractivity contribution in [1.29, 1.82) is 0 Å². The number of nitrogens with zero attached hydrogens (tertiary/aromatic N) is 3. The largest absolute Gasteiger partial charge is 0.345 e. The van der Waals surface area contributed by atoms with Gasteiger partial charge < -0.3 is 11.1 Å². The van der Waals surface area contributed by atoms with Crippen molar-refractivity contribution in [3.8, 4) is 5.69 Å². The molecule has 1 heterocycles. The van der Waals surface area contributed by atoms with Crippen LogP contribution < -0.4 is 11.1 Å². The van der Waals surface area contributed by atoms with Gasteiger partial charge >= 0.3 is 0 Å². The van der Waals surface area contributed by atoms with Crippen LogP contribution >= 0.6 is 12.4 Å². The van der Waals surface area contributed by atoms with Crippen molar-refractivity contribution >= 4 is 18.3 Å². The summed E-state index contributed by atoms with van der Waals surface area (Å²) in [6.07, 6.45) is 5.57. The molecule has 0 saturated heterocycles. The van der Waals surface area contributed by atoms with E-state index in [1.807, 2.05) is 50.4 Å². The van der Waals surface area contributed by atoms with Crippen LogP contribution in [0.5, 0.6) is 0 Å². The minimum atomic E-state index is -0.578. The van der Waals surface area contributed by atoms with Crippen LogP contribution in [0, 0.1) is 5.92 Å². The highest BCUT2D eigenvalue weighted by Gasteiger charge is 2.31. The molecule has 2 atom stereocenters. The summed E-state index contributed by atoms with van der Waals surface area (Å²) in [5, 5.41) is 11.5. The summed E-state index contributed by atoms with van der Waals surface area (Å²) in [4.78, 5) is 12.6. The smallest absolute Gasteiger partial charge is 0.223 e. The zero-order valence-electron chi connectivity index (χ0n) is 14.7. The molecule has 1 aromatic heterocycles. The molecule has 0 aliphatic heterocycles. The van der Waals surface area contributed by atoms with Gasteiger partial charge in [0.1, 0.15) is 5.69 Å². The van der Waals surface area contributed by atoms with E-state index in [1.165, 1.54) is 0 Å². The summed E-state index contributed by atoms with van der Waals surface area (Å²) in [5.41, 5.74) is 7.10. The molecule has 7 heteroatoms. The second kappa shape index (κ2) is 7.97. The number of carbonyl (C=O) groups is 1. The maximum atomic E-state index is 12.6. The monoisotopic (exact) mass is 363 g/mol. The van der Waals surface area contributed by atoms with E-state index in [4.69, 9.17) is 5.73 Å². The Bertz CT molecular complexity index is 701. The molecule has 0 bridgehead atoms. The van der Waals surface area contributed by atoms with Crippen molar-refractivity contribution in [2.45, 2.75) is 51.1 Å². The molecule has 0 radical (unpaired) electrons. The first-order valence-electron chi connectivity index (χ1n) is 8.51. The minimum Gasteiger partial charge on any atom is -0.345 e. The lowest BCUT2D eigenvalue weighted by atomic mass is 9.85. The summed E-state index contributed by atoms with van der Waals surface area (Å²) >= 11 is 0. The number of para-hydroxylation sites is 1. The van der Waals surface area contributed by atoms with Gasteiger partial charge in [0.05, 0.1) is 17.4 Å². The summed E-state index contributed by atoms with van der Waals surface area (Å²) in [5.74, 6) is 0.0570. The molecule has 6 nitrogen and oxygen atoms in total. The Kier molecular flexibility index (Phi) is 6.19. The lowest BCUT2D eigenvalue weighted by molar-refractivity contribution is -0.127. The molecule has 3 N–H and O–H groups in total. The van der Waals surface area contributed by atoms with Crippen LogP contribution in [0.1, 0.15) is 45.2 Å². The summed E-state index contributed by atoms with van der Waals surface area (Å²) in [6, 6.07) is 9.93. The van der Waals surface area contributed by atoms with Gasteiger partial charge in [0, 0.05) is 12.0 Å². The summed E-state index contributed by atoms with van der Waals surface area (Å²) < 4.78 is 1.72. The average Bonchev–Trinajstić information content (AvgIpc) is 3.06.